The average Bonchev–Trinajstić information content (AvgIpc) is 3.19. The van der Waals surface area contributed by atoms with E-state index in [4.69, 9.17) is 4.74 Å². The Labute approximate surface area is 153 Å². The minimum absolute atomic E-state index is 0.0577. The van der Waals surface area contributed by atoms with Crippen molar-refractivity contribution < 1.29 is 9.53 Å². The van der Waals surface area contributed by atoms with Crippen LogP contribution < -0.4 is 4.74 Å². The van der Waals surface area contributed by atoms with Crippen molar-refractivity contribution in [3.8, 4) is 5.75 Å². The van der Waals surface area contributed by atoms with Crippen LogP contribution in [-0.4, -0.2) is 41.1 Å². The van der Waals surface area contributed by atoms with Gasteiger partial charge in [-0.3, -0.25) is 14.8 Å². The van der Waals surface area contributed by atoms with Gasteiger partial charge in [0.1, 0.15) is 5.75 Å². The molecule has 0 saturated carbocycles. The summed E-state index contributed by atoms with van der Waals surface area (Å²) in [6, 6.07) is 13.9. The first-order chi connectivity index (χ1) is 12.7. The molecular weight excluding hydrogens is 326 g/mol. The van der Waals surface area contributed by atoms with Crippen LogP contribution in [0.5, 0.6) is 5.75 Å². The molecule has 1 aromatic heterocycles. The molecular formula is C21H23N3O2. The number of carbonyl (C=O) groups excluding carboxylic acids is 1. The normalized spacial score (nSPS) is 18.1. The van der Waals surface area contributed by atoms with Crippen LogP contribution in [0.15, 0.2) is 48.7 Å². The Morgan fingerprint density at radius 3 is 2.88 bits per heavy atom. The summed E-state index contributed by atoms with van der Waals surface area (Å²) < 4.78 is 5.27. The number of nitrogens with one attached hydrogen (secondary N) is 1. The van der Waals surface area contributed by atoms with E-state index < -0.39 is 0 Å². The first-order valence-electron chi connectivity index (χ1n) is 9.05. The molecule has 0 radical (unpaired) electrons. The van der Waals surface area contributed by atoms with Crippen LogP contribution >= 0.6 is 0 Å². The van der Waals surface area contributed by atoms with Crippen LogP contribution in [-0.2, 0) is 6.54 Å². The Bertz CT molecular complexity index is 905. The van der Waals surface area contributed by atoms with Crippen LogP contribution in [0.4, 0.5) is 0 Å². The number of methoxy groups -OCH3 is 1. The second-order valence-electron chi connectivity index (χ2n) is 6.95. The number of piperidine rings is 1. The van der Waals surface area contributed by atoms with Gasteiger partial charge in [-0.2, -0.15) is 5.10 Å². The number of likely N-dealkylation sites (tertiary alicyclic amines) is 1. The molecule has 26 heavy (non-hydrogen) atoms. The van der Waals surface area contributed by atoms with Crippen LogP contribution in [0, 0.1) is 5.92 Å². The third kappa shape index (κ3) is 3.48. The summed E-state index contributed by atoms with van der Waals surface area (Å²) in [6.45, 7) is 2.65. The number of Topliss-reactive ketones (excluding diaryl/α,β-unsaturated/α-hetero) is 1. The van der Waals surface area contributed by atoms with Crippen molar-refractivity contribution in [1.82, 2.24) is 15.1 Å². The van der Waals surface area contributed by atoms with Gasteiger partial charge in [0.2, 0.25) is 0 Å². The number of H-pyrrole nitrogens is 1. The number of ether oxygens (including phenoxy) is 1. The van der Waals surface area contributed by atoms with Gasteiger partial charge >= 0.3 is 0 Å². The van der Waals surface area contributed by atoms with Gasteiger partial charge in [-0.25, -0.2) is 0 Å². The molecule has 1 N–H and O–H groups in total. The number of hydrogen-bond acceptors (Lipinski definition) is 4. The maximum atomic E-state index is 13.0. The summed E-state index contributed by atoms with van der Waals surface area (Å²) >= 11 is 0. The van der Waals surface area contributed by atoms with Crippen molar-refractivity contribution in [3.63, 3.8) is 0 Å². The highest BCUT2D eigenvalue weighted by Gasteiger charge is 2.26. The molecule has 4 rings (SSSR count). The Hall–Kier alpha value is -2.66. The third-order valence-electron chi connectivity index (χ3n) is 5.16. The molecule has 1 atom stereocenters. The lowest BCUT2D eigenvalue weighted by atomic mass is 9.89. The lowest BCUT2D eigenvalue weighted by Crippen LogP contribution is -2.38. The monoisotopic (exact) mass is 349 g/mol. The van der Waals surface area contributed by atoms with Gasteiger partial charge in [0.05, 0.1) is 7.11 Å². The molecule has 0 spiro atoms. The van der Waals surface area contributed by atoms with Gasteiger partial charge in [-0.05, 0) is 54.4 Å². The number of ketones is 1. The minimum Gasteiger partial charge on any atom is -0.497 e. The van der Waals surface area contributed by atoms with Gasteiger partial charge in [0.25, 0.3) is 0 Å². The summed E-state index contributed by atoms with van der Waals surface area (Å²) in [5, 5.41) is 9.17. The molecule has 5 heteroatoms. The second-order valence-corrected chi connectivity index (χ2v) is 6.95. The van der Waals surface area contributed by atoms with Crippen LogP contribution in [0.25, 0.3) is 10.8 Å². The second kappa shape index (κ2) is 7.30. The van der Waals surface area contributed by atoms with Crippen LogP contribution in [0.1, 0.15) is 28.9 Å². The first-order valence-corrected chi connectivity index (χ1v) is 9.05. The number of aromatic nitrogens is 2. The predicted octanol–water partition coefficient (Wildman–Crippen LogP) is 3.67. The van der Waals surface area contributed by atoms with Crippen molar-refractivity contribution in [2.45, 2.75) is 19.4 Å². The molecule has 0 bridgehead atoms. The van der Waals surface area contributed by atoms with Gasteiger partial charge in [0, 0.05) is 36.5 Å². The summed E-state index contributed by atoms with van der Waals surface area (Å²) in [4.78, 5) is 15.4. The number of carbonyl (C=O) groups is 1. The molecule has 1 aliphatic heterocycles. The van der Waals surface area contributed by atoms with E-state index in [0.717, 1.165) is 60.3 Å². The standard InChI is InChI=1S/C21H23N3O2/c1-26-20-7-6-15-11-17(5-4-16(15)12-20)21(25)18-3-2-10-24(13-18)14-19-8-9-22-23-19/h4-9,11-12,18H,2-3,10,13-14H2,1H3,(H,22,23). The van der Waals surface area contributed by atoms with Gasteiger partial charge in [-0.1, -0.05) is 18.2 Å². The summed E-state index contributed by atoms with van der Waals surface area (Å²) in [5.74, 6) is 1.14. The molecule has 1 aliphatic rings. The lowest BCUT2D eigenvalue weighted by Gasteiger charge is -2.31. The predicted molar refractivity (Wildman–Crippen MR) is 101 cm³/mol. The number of fused-ring (bicyclic) bond motifs is 1. The summed E-state index contributed by atoms with van der Waals surface area (Å²) in [5.41, 5.74) is 1.90. The van der Waals surface area contributed by atoms with E-state index in [1.807, 2.05) is 42.5 Å². The third-order valence-corrected chi connectivity index (χ3v) is 5.16. The Kier molecular flexibility index (Phi) is 4.71. The number of nitrogens with zero attached hydrogens (tertiary/aromatic N) is 2. The number of benzene rings is 2. The van der Waals surface area contributed by atoms with Crippen LogP contribution in [0.3, 0.4) is 0 Å². The van der Waals surface area contributed by atoms with E-state index in [-0.39, 0.29) is 11.7 Å². The number of rotatable bonds is 5. The van der Waals surface area contributed by atoms with Gasteiger partial charge in [-0.15, -0.1) is 0 Å². The molecule has 2 aromatic carbocycles. The highest BCUT2D eigenvalue weighted by molar-refractivity contribution is 6.01. The minimum atomic E-state index is 0.0577. The van der Waals surface area contributed by atoms with E-state index >= 15 is 0 Å². The summed E-state index contributed by atoms with van der Waals surface area (Å²) in [7, 11) is 1.66. The van der Waals surface area contributed by atoms with E-state index in [1.54, 1.807) is 13.3 Å². The molecule has 0 aliphatic carbocycles. The Morgan fingerprint density at radius 1 is 1.23 bits per heavy atom. The highest BCUT2D eigenvalue weighted by Crippen LogP contribution is 2.26. The Balaban J connectivity index is 1.50. The van der Waals surface area contributed by atoms with E-state index in [9.17, 15) is 4.79 Å². The quantitative estimate of drug-likeness (QED) is 0.714. The molecule has 0 amide bonds. The SMILES string of the molecule is COc1ccc2cc(C(=O)C3CCCN(Cc4ccn[nH]4)C3)ccc2c1. The maximum Gasteiger partial charge on any atom is 0.167 e. The molecule has 1 unspecified atom stereocenters. The van der Waals surface area contributed by atoms with Gasteiger partial charge in [0.15, 0.2) is 5.78 Å². The lowest BCUT2D eigenvalue weighted by molar-refractivity contribution is 0.0810. The maximum absolute atomic E-state index is 13.0. The zero-order chi connectivity index (χ0) is 17.9. The van der Waals surface area contributed by atoms with Crippen molar-refractivity contribution >= 4 is 16.6 Å². The highest BCUT2D eigenvalue weighted by atomic mass is 16.5. The molecule has 1 saturated heterocycles. The summed E-state index contributed by atoms with van der Waals surface area (Å²) in [6.07, 6.45) is 3.78. The van der Waals surface area contributed by atoms with Crippen molar-refractivity contribution in [3.05, 3.63) is 59.9 Å². The molecule has 1 fully saturated rings. The van der Waals surface area contributed by atoms with Crippen molar-refractivity contribution in [2.24, 2.45) is 5.92 Å². The fraction of sp³-hybridized carbons (Fsp3) is 0.333. The Morgan fingerprint density at radius 2 is 2.08 bits per heavy atom. The van der Waals surface area contributed by atoms with Crippen LogP contribution in [0.2, 0.25) is 0 Å². The van der Waals surface area contributed by atoms with E-state index in [1.165, 1.54) is 0 Å². The van der Waals surface area contributed by atoms with Gasteiger partial charge < -0.3 is 4.74 Å². The number of aromatic amines is 1. The van der Waals surface area contributed by atoms with E-state index in [0.29, 0.717) is 0 Å². The zero-order valence-corrected chi connectivity index (χ0v) is 14.9. The van der Waals surface area contributed by atoms with E-state index in [2.05, 4.69) is 15.1 Å². The van der Waals surface area contributed by atoms with Crippen molar-refractivity contribution in [1.29, 1.82) is 0 Å². The fourth-order valence-electron chi connectivity index (χ4n) is 3.77. The molecule has 5 nitrogen and oxygen atoms in total. The zero-order valence-electron chi connectivity index (χ0n) is 14.9. The molecule has 134 valence electrons. The average molecular weight is 349 g/mol. The van der Waals surface area contributed by atoms with Crippen molar-refractivity contribution in [2.75, 3.05) is 20.2 Å². The smallest absolute Gasteiger partial charge is 0.167 e. The molecule has 2 heterocycles. The fourth-order valence-corrected chi connectivity index (χ4v) is 3.77. The first kappa shape index (κ1) is 16.8. The largest absolute Gasteiger partial charge is 0.497 e. The molecule has 3 aromatic rings. The number of hydrogen-bond donors (Lipinski definition) is 1. The topological polar surface area (TPSA) is 58.2 Å².